The Hall–Kier alpha value is -1.79. The van der Waals surface area contributed by atoms with Crippen molar-refractivity contribution in [3.05, 3.63) is 46.5 Å². The lowest BCUT2D eigenvalue weighted by Gasteiger charge is -2.02. The Labute approximate surface area is 114 Å². The third-order valence-corrected chi connectivity index (χ3v) is 2.81. The predicted molar refractivity (Wildman–Crippen MR) is 68.0 cm³/mol. The van der Waals surface area contributed by atoms with Crippen molar-refractivity contribution in [2.75, 3.05) is 0 Å². The van der Waals surface area contributed by atoms with Gasteiger partial charge in [0.1, 0.15) is 12.4 Å². The summed E-state index contributed by atoms with van der Waals surface area (Å²) in [5.41, 5.74) is 6.68. The van der Waals surface area contributed by atoms with Crippen molar-refractivity contribution in [1.82, 2.24) is 15.0 Å². The minimum absolute atomic E-state index is 0.0106. The molecule has 0 atom stereocenters. The molecule has 2 rings (SSSR count). The highest BCUT2D eigenvalue weighted by atomic mass is 35.5. The van der Waals surface area contributed by atoms with E-state index in [-0.39, 0.29) is 30.3 Å². The summed E-state index contributed by atoms with van der Waals surface area (Å²) in [6, 6.07) is 4.22. The fourth-order valence-corrected chi connectivity index (χ4v) is 1.83. The van der Waals surface area contributed by atoms with Crippen LogP contribution < -0.4 is 5.73 Å². The standard InChI is InChI=1S/C12H12ClFN4O/c13-11-4-8(1-2-12(11)14)3-10(19)7-18-6-9(5-15)16-17-18/h1-2,4,6H,3,5,7,15H2. The van der Waals surface area contributed by atoms with Crippen LogP contribution in [0.25, 0.3) is 0 Å². The molecule has 7 heteroatoms. The molecule has 0 saturated carbocycles. The summed E-state index contributed by atoms with van der Waals surface area (Å²) < 4.78 is 14.4. The monoisotopic (exact) mass is 282 g/mol. The van der Waals surface area contributed by atoms with Gasteiger partial charge in [0.2, 0.25) is 0 Å². The molecule has 0 fully saturated rings. The average Bonchev–Trinajstić information content (AvgIpc) is 2.81. The molecule has 1 aromatic carbocycles. The van der Waals surface area contributed by atoms with Gasteiger partial charge in [-0.05, 0) is 17.7 Å². The molecule has 19 heavy (non-hydrogen) atoms. The maximum Gasteiger partial charge on any atom is 0.158 e. The number of halogens is 2. The number of benzene rings is 1. The van der Waals surface area contributed by atoms with Crippen LogP contribution in [-0.4, -0.2) is 20.8 Å². The highest BCUT2D eigenvalue weighted by Gasteiger charge is 2.08. The molecule has 100 valence electrons. The number of Topliss-reactive ketones (excluding diaryl/α,β-unsaturated/α-hetero) is 1. The number of hydrogen-bond donors (Lipinski definition) is 1. The topological polar surface area (TPSA) is 73.8 Å². The summed E-state index contributed by atoms with van der Waals surface area (Å²) in [6.45, 7) is 0.379. The van der Waals surface area contributed by atoms with E-state index in [1.54, 1.807) is 6.20 Å². The third-order valence-electron chi connectivity index (χ3n) is 2.52. The second kappa shape index (κ2) is 5.90. The number of carbonyl (C=O) groups excluding carboxylic acids is 1. The third kappa shape index (κ3) is 3.59. The number of nitrogens with zero attached hydrogens (tertiary/aromatic N) is 3. The van der Waals surface area contributed by atoms with Gasteiger partial charge in [-0.2, -0.15) is 0 Å². The molecule has 0 unspecified atom stereocenters. The number of carbonyl (C=O) groups is 1. The summed E-state index contributed by atoms with van der Waals surface area (Å²) in [5.74, 6) is -0.571. The van der Waals surface area contributed by atoms with Crippen LogP contribution in [0.5, 0.6) is 0 Å². The second-order valence-electron chi connectivity index (χ2n) is 4.08. The van der Waals surface area contributed by atoms with E-state index in [2.05, 4.69) is 10.3 Å². The maximum absolute atomic E-state index is 13.0. The summed E-state index contributed by atoms with van der Waals surface area (Å²) in [5, 5.41) is 7.58. The van der Waals surface area contributed by atoms with Crippen molar-refractivity contribution in [2.24, 2.45) is 5.73 Å². The first-order valence-electron chi connectivity index (χ1n) is 5.63. The van der Waals surface area contributed by atoms with Crippen LogP contribution in [0.2, 0.25) is 5.02 Å². The minimum Gasteiger partial charge on any atom is -0.325 e. The molecule has 5 nitrogen and oxygen atoms in total. The molecular formula is C12H12ClFN4O. The van der Waals surface area contributed by atoms with Crippen molar-refractivity contribution >= 4 is 17.4 Å². The Morgan fingerprint density at radius 1 is 1.47 bits per heavy atom. The zero-order valence-electron chi connectivity index (χ0n) is 10.0. The normalized spacial score (nSPS) is 10.7. The Morgan fingerprint density at radius 3 is 2.89 bits per heavy atom. The SMILES string of the molecule is NCc1cn(CC(=O)Cc2ccc(F)c(Cl)c2)nn1. The van der Waals surface area contributed by atoms with Crippen molar-refractivity contribution in [1.29, 1.82) is 0 Å². The second-order valence-corrected chi connectivity index (χ2v) is 4.48. The molecule has 0 aliphatic heterocycles. The highest BCUT2D eigenvalue weighted by Crippen LogP contribution is 2.16. The lowest BCUT2D eigenvalue weighted by molar-refractivity contribution is -0.119. The van der Waals surface area contributed by atoms with Crippen LogP contribution in [0.15, 0.2) is 24.4 Å². The molecule has 2 aromatic rings. The van der Waals surface area contributed by atoms with Gasteiger partial charge in [-0.15, -0.1) is 5.10 Å². The summed E-state index contributed by atoms with van der Waals surface area (Å²) in [7, 11) is 0. The van der Waals surface area contributed by atoms with Crippen molar-refractivity contribution in [3.63, 3.8) is 0 Å². The molecular weight excluding hydrogens is 271 g/mol. The van der Waals surface area contributed by atoms with E-state index in [1.807, 2.05) is 0 Å². The number of rotatable bonds is 5. The van der Waals surface area contributed by atoms with Gasteiger partial charge in [0.05, 0.1) is 16.9 Å². The smallest absolute Gasteiger partial charge is 0.158 e. The predicted octanol–water partition coefficient (Wildman–Crippen LogP) is 1.34. The summed E-state index contributed by atoms with van der Waals surface area (Å²) in [6.07, 6.45) is 1.79. The van der Waals surface area contributed by atoms with Gasteiger partial charge >= 0.3 is 0 Å². The van der Waals surface area contributed by atoms with E-state index in [1.165, 1.54) is 22.9 Å². The quantitative estimate of drug-likeness (QED) is 0.898. The van der Waals surface area contributed by atoms with Crippen LogP contribution >= 0.6 is 11.6 Å². The van der Waals surface area contributed by atoms with E-state index in [0.29, 0.717) is 11.3 Å². The van der Waals surface area contributed by atoms with E-state index in [9.17, 15) is 9.18 Å². The van der Waals surface area contributed by atoms with Gasteiger partial charge in [-0.25, -0.2) is 9.07 Å². The van der Waals surface area contributed by atoms with E-state index in [0.717, 1.165) is 0 Å². The first kappa shape index (κ1) is 13.6. The zero-order chi connectivity index (χ0) is 13.8. The number of ketones is 1. The molecule has 0 aliphatic rings. The average molecular weight is 283 g/mol. The van der Waals surface area contributed by atoms with Crippen molar-refractivity contribution in [2.45, 2.75) is 19.5 Å². The molecule has 2 N–H and O–H groups in total. The molecule has 0 bridgehead atoms. The van der Waals surface area contributed by atoms with Gasteiger partial charge in [0.25, 0.3) is 0 Å². The summed E-state index contributed by atoms with van der Waals surface area (Å²) >= 11 is 5.65. The van der Waals surface area contributed by atoms with Crippen LogP contribution in [0.3, 0.4) is 0 Å². The Morgan fingerprint density at radius 2 is 2.26 bits per heavy atom. The van der Waals surface area contributed by atoms with Crippen LogP contribution in [0.1, 0.15) is 11.3 Å². The first-order chi connectivity index (χ1) is 9.08. The fraction of sp³-hybridized carbons (Fsp3) is 0.250. The number of aromatic nitrogens is 3. The maximum atomic E-state index is 13.0. The number of hydrogen-bond acceptors (Lipinski definition) is 4. The Kier molecular flexibility index (Phi) is 4.24. The van der Waals surface area contributed by atoms with Crippen LogP contribution in [0.4, 0.5) is 4.39 Å². The summed E-state index contributed by atoms with van der Waals surface area (Å²) in [4.78, 5) is 11.8. The van der Waals surface area contributed by atoms with Gasteiger partial charge in [-0.3, -0.25) is 4.79 Å². The van der Waals surface area contributed by atoms with Gasteiger partial charge < -0.3 is 5.73 Å². The molecule has 0 spiro atoms. The van der Waals surface area contributed by atoms with Crippen molar-refractivity contribution in [3.8, 4) is 0 Å². The lowest BCUT2D eigenvalue weighted by atomic mass is 10.1. The van der Waals surface area contributed by atoms with E-state index < -0.39 is 5.82 Å². The lowest BCUT2D eigenvalue weighted by Crippen LogP contribution is -2.13. The molecule has 0 amide bonds. The first-order valence-corrected chi connectivity index (χ1v) is 6.01. The highest BCUT2D eigenvalue weighted by molar-refractivity contribution is 6.30. The number of nitrogens with two attached hydrogens (primary N) is 1. The molecule has 1 heterocycles. The molecule has 1 aromatic heterocycles. The largest absolute Gasteiger partial charge is 0.325 e. The molecule has 0 radical (unpaired) electrons. The van der Waals surface area contributed by atoms with E-state index in [4.69, 9.17) is 17.3 Å². The van der Waals surface area contributed by atoms with Crippen molar-refractivity contribution < 1.29 is 9.18 Å². The minimum atomic E-state index is -0.498. The molecule has 0 saturated heterocycles. The zero-order valence-corrected chi connectivity index (χ0v) is 10.8. The Balaban J connectivity index is 1.98. The fourth-order valence-electron chi connectivity index (χ4n) is 1.62. The van der Waals surface area contributed by atoms with Gasteiger partial charge in [0, 0.05) is 13.0 Å². The van der Waals surface area contributed by atoms with E-state index >= 15 is 0 Å². The Bertz CT molecular complexity index is 599. The van der Waals surface area contributed by atoms with Crippen LogP contribution in [0, 0.1) is 5.82 Å². The molecule has 0 aliphatic carbocycles. The van der Waals surface area contributed by atoms with Gasteiger partial charge in [-0.1, -0.05) is 22.9 Å². The van der Waals surface area contributed by atoms with Crippen LogP contribution in [-0.2, 0) is 24.3 Å². The van der Waals surface area contributed by atoms with Gasteiger partial charge in [0.15, 0.2) is 5.78 Å².